The Morgan fingerprint density at radius 2 is 2.29 bits per heavy atom. The predicted molar refractivity (Wildman–Crippen MR) is 61.7 cm³/mol. The van der Waals surface area contributed by atoms with Gasteiger partial charge in [-0.25, -0.2) is 4.98 Å². The van der Waals surface area contributed by atoms with Crippen LogP contribution in [0.2, 0.25) is 0 Å². The molecule has 1 aromatic carbocycles. The molecule has 2 rings (SSSR count). The summed E-state index contributed by atoms with van der Waals surface area (Å²) in [5.41, 5.74) is 1.04. The molecule has 0 bridgehead atoms. The second-order valence-corrected chi connectivity index (χ2v) is 4.80. The minimum Gasteiger partial charge on any atom is -0.392 e. The number of aliphatic hydroxyl groups is 1. The molecule has 0 atom stereocenters. The average molecular weight is 223 g/mol. The SMILES string of the molecule is OC/C=C\Sc1nc2ccccc2s1. The lowest BCUT2D eigenvalue weighted by Gasteiger charge is -1.83. The first-order chi connectivity index (χ1) is 6.90. The Kier molecular flexibility index (Phi) is 3.18. The van der Waals surface area contributed by atoms with Crippen molar-refractivity contribution in [2.45, 2.75) is 4.34 Å². The van der Waals surface area contributed by atoms with Crippen LogP contribution in [0.5, 0.6) is 0 Å². The second kappa shape index (κ2) is 4.59. The van der Waals surface area contributed by atoms with Crippen molar-refractivity contribution in [3.8, 4) is 0 Å². The molecule has 0 unspecified atom stereocenters. The van der Waals surface area contributed by atoms with Gasteiger partial charge in [0.1, 0.15) is 0 Å². The molecule has 0 amide bonds. The Balaban J connectivity index is 2.23. The number of hydrogen-bond acceptors (Lipinski definition) is 4. The topological polar surface area (TPSA) is 33.1 Å². The summed E-state index contributed by atoms with van der Waals surface area (Å²) >= 11 is 3.20. The number of hydrogen-bond donors (Lipinski definition) is 1. The Bertz CT molecular complexity index is 417. The van der Waals surface area contributed by atoms with Crippen molar-refractivity contribution >= 4 is 33.3 Å². The highest BCUT2D eigenvalue weighted by molar-refractivity contribution is 8.03. The fourth-order valence-electron chi connectivity index (χ4n) is 1.05. The van der Waals surface area contributed by atoms with Crippen LogP contribution in [0.3, 0.4) is 0 Å². The number of benzene rings is 1. The van der Waals surface area contributed by atoms with E-state index in [0.29, 0.717) is 0 Å². The van der Waals surface area contributed by atoms with Gasteiger partial charge in [-0.1, -0.05) is 30.0 Å². The van der Waals surface area contributed by atoms with Gasteiger partial charge in [-0.2, -0.15) is 0 Å². The number of aromatic nitrogens is 1. The Morgan fingerprint density at radius 1 is 1.43 bits per heavy atom. The molecule has 0 aliphatic heterocycles. The molecule has 1 heterocycles. The molecule has 4 heteroatoms. The molecule has 0 fully saturated rings. The van der Waals surface area contributed by atoms with Gasteiger partial charge >= 0.3 is 0 Å². The first kappa shape index (κ1) is 9.71. The third kappa shape index (κ3) is 2.15. The Morgan fingerprint density at radius 3 is 3.07 bits per heavy atom. The van der Waals surface area contributed by atoms with E-state index in [2.05, 4.69) is 11.1 Å². The predicted octanol–water partition coefficient (Wildman–Crippen LogP) is 2.89. The summed E-state index contributed by atoms with van der Waals surface area (Å²) in [6.45, 7) is 0.0812. The van der Waals surface area contributed by atoms with Crippen LogP contribution in [0.15, 0.2) is 40.1 Å². The van der Waals surface area contributed by atoms with E-state index < -0.39 is 0 Å². The van der Waals surface area contributed by atoms with Gasteiger partial charge in [-0.15, -0.1) is 11.3 Å². The molecule has 14 heavy (non-hydrogen) atoms. The molecule has 1 N–H and O–H groups in total. The van der Waals surface area contributed by atoms with E-state index in [1.54, 1.807) is 17.4 Å². The van der Waals surface area contributed by atoms with Crippen molar-refractivity contribution in [3.63, 3.8) is 0 Å². The minimum absolute atomic E-state index is 0.0812. The quantitative estimate of drug-likeness (QED) is 0.812. The summed E-state index contributed by atoms with van der Waals surface area (Å²) in [5, 5.41) is 10.4. The van der Waals surface area contributed by atoms with Gasteiger partial charge in [-0.3, -0.25) is 0 Å². The molecule has 0 aliphatic carbocycles. The molecule has 2 nitrogen and oxygen atoms in total. The zero-order valence-electron chi connectivity index (χ0n) is 7.38. The number of fused-ring (bicyclic) bond motifs is 1. The van der Waals surface area contributed by atoms with E-state index in [1.165, 1.54) is 16.5 Å². The van der Waals surface area contributed by atoms with E-state index in [4.69, 9.17) is 5.11 Å². The summed E-state index contributed by atoms with van der Waals surface area (Å²) in [6, 6.07) is 8.07. The number of nitrogens with zero attached hydrogens (tertiary/aromatic N) is 1. The van der Waals surface area contributed by atoms with Crippen LogP contribution in [0.4, 0.5) is 0 Å². The fraction of sp³-hybridized carbons (Fsp3) is 0.100. The summed E-state index contributed by atoms with van der Waals surface area (Å²) < 4.78 is 2.21. The number of aliphatic hydroxyl groups excluding tert-OH is 1. The maximum Gasteiger partial charge on any atom is 0.155 e. The van der Waals surface area contributed by atoms with Gasteiger partial charge < -0.3 is 5.11 Å². The summed E-state index contributed by atoms with van der Waals surface area (Å²) in [4.78, 5) is 4.43. The van der Waals surface area contributed by atoms with E-state index in [0.717, 1.165) is 9.86 Å². The van der Waals surface area contributed by atoms with Crippen molar-refractivity contribution in [1.82, 2.24) is 4.98 Å². The molecular weight excluding hydrogens is 214 g/mol. The maximum absolute atomic E-state index is 8.57. The number of thiazole rings is 1. The highest BCUT2D eigenvalue weighted by atomic mass is 32.2. The van der Waals surface area contributed by atoms with Crippen molar-refractivity contribution < 1.29 is 5.11 Å². The highest BCUT2D eigenvalue weighted by Gasteiger charge is 2.00. The first-order valence-electron chi connectivity index (χ1n) is 4.18. The summed E-state index contributed by atoms with van der Waals surface area (Å²) in [6.07, 6.45) is 1.71. The van der Waals surface area contributed by atoms with Crippen molar-refractivity contribution in [2.75, 3.05) is 6.61 Å². The standard InChI is InChI=1S/C10H9NOS2/c12-6-3-7-13-10-11-8-4-1-2-5-9(8)14-10/h1-5,7,12H,6H2/b7-3-. The largest absolute Gasteiger partial charge is 0.392 e. The van der Waals surface area contributed by atoms with Crippen LogP contribution in [0.25, 0.3) is 10.2 Å². The smallest absolute Gasteiger partial charge is 0.155 e. The monoisotopic (exact) mass is 223 g/mol. The number of rotatable bonds is 3. The minimum atomic E-state index is 0.0812. The molecule has 0 saturated heterocycles. The lowest BCUT2D eigenvalue weighted by molar-refractivity contribution is 0.343. The molecular formula is C10H9NOS2. The van der Waals surface area contributed by atoms with Crippen molar-refractivity contribution in [3.05, 3.63) is 35.7 Å². The van der Waals surface area contributed by atoms with Gasteiger partial charge in [0.2, 0.25) is 0 Å². The summed E-state index contributed by atoms with van der Waals surface area (Å²) in [5.74, 6) is 0. The van der Waals surface area contributed by atoms with Gasteiger partial charge in [0.05, 0.1) is 16.8 Å². The van der Waals surface area contributed by atoms with Crippen molar-refractivity contribution in [2.24, 2.45) is 0 Å². The van der Waals surface area contributed by atoms with Crippen LogP contribution >= 0.6 is 23.1 Å². The van der Waals surface area contributed by atoms with Crippen LogP contribution in [0, 0.1) is 0 Å². The third-order valence-electron chi connectivity index (χ3n) is 1.64. The van der Waals surface area contributed by atoms with Crippen LogP contribution in [-0.2, 0) is 0 Å². The highest BCUT2D eigenvalue weighted by Crippen LogP contribution is 2.29. The van der Waals surface area contributed by atoms with Gasteiger partial charge in [0.15, 0.2) is 4.34 Å². The van der Waals surface area contributed by atoms with Gasteiger partial charge in [0, 0.05) is 0 Å². The molecule has 2 aromatic rings. The molecule has 0 spiro atoms. The van der Waals surface area contributed by atoms with Crippen LogP contribution in [-0.4, -0.2) is 16.7 Å². The Labute approximate surface area is 90.3 Å². The summed E-state index contributed by atoms with van der Waals surface area (Å²) in [7, 11) is 0. The fourth-order valence-corrected chi connectivity index (χ4v) is 2.83. The van der Waals surface area contributed by atoms with Crippen LogP contribution < -0.4 is 0 Å². The first-order valence-corrected chi connectivity index (χ1v) is 5.88. The van der Waals surface area contributed by atoms with Gasteiger partial charge in [0.25, 0.3) is 0 Å². The number of para-hydroxylation sites is 1. The van der Waals surface area contributed by atoms with E-state index in [9.17, 15) is 0 Å². The molecule has 0 aliphatic rings. The normalized spacial score (nSPS) is 11.5. The van der Waals surface area contributed by atoms with E-state index >= 15 is 0 Å². The molecule has 0 saturated carbocycles. The molecule has 1 aromatic heterocycles. The van der Waals surface area contributed by atoms with Crippen molar-refractivity contribution in [1.29, 1.82) is 0 Å². The van der Waals surface area contributed by atoms with E-state index in [1.807, 2.05) is 23.6 Å². The zero-order valence-corrected chi connectivity index (χ0v) is 9.02. The third-order valence-corrected chi connectivity index (χ3v) is 3.64. The Hall–Kier alpha value is -0.840. The zero-order chi connectivity index (χ0) is 9.80. The average Bonchev–Trinajstić information content (AvgIpc) is 2.60. The molecule has 72 valence electrons. The van der Waals surface area contributed by atoms with Gasteiger partial charge in [-0.05, 0) is 17.5 Å². The second-order valence-electron chi connectivity index (χ2n) is 2.62. The lowest BCUT2D eigenvalue weighted by atomic mass is 10.3. The van der Waals surface area contributed by atoms with E-state index in [-0.39, 0.29) is 6.61 Å². The number of thioether (sulfide) groups is 1. The van der Waals surface area contributed by atoms with Crippen LogP contribution in [0.1, 0.15) is 0 Å². The molecule has 0 radical (unpaired) electrons. The maximum atomic E-state index is 8.57. The lowest BCUT2D eigenvalue weighted by Crippen LogP contribution is -1.69.